The highest BCUT2D eigenvalue weighted by Crippen LogP contribution is 2.14. The molecule has 0 unspecified atom stereocenters. The van der Waals surface area contributed by atoms with E-state index >= 15 is 0 Å². The fraction of sp³-hybridized carbons (Fsp3) is 0.417. The average molecular weight is 177 g/mol. The van der Waals surface area contributed by atoms with Gasteiger partial charge in [-0.3, -0.25) is 0 Å². The normalized spacial score (nSPS) is 10.5. The molecule has 1 aromatic carbocycles. The molecule has 13 heavy (non-hydrogen) atoms. The molecule has 1 radical (unpaired) electrons. The zero-order valence-corrected chi connectivity index (χ0v) is 8.42. The molecule has 0 aliphatic carbocycles. The van der Waals surface area contributed by atoms with Crippen LogP contribution in [0.25, 0.3) is 0 Å². The first-order chi connectivity index (χ1) is 6.22. The van der Waals surface area contributed by atoms with E-state index < -0.39 is 0 Å². The standard InChI is InChI=1S/C12H17O/c1-4-11-6-5-7-12(8-11)13-9-10(2)3/h5-8,10H,1,4,9H2,2-3H3. The number of ether oxygens (including phenoxy) is 1. The molecule has 71 valence electrons. The second-order valence-electron chi connectivity index (χ2n) is 3.60. The first kappa shape index (κ1) is 10.1. The van der Waals surface area contributed by atoms with Gasteiger partial charge in [-0.05, 0) is 37.0 Å². The van der Waals surface area contributed by atoms with E-state index in [4.69, 9.17) is 4.74 Å². The molecular weight excluding hydrogens is 160 g/mol. The van der Waals surface area contributed by atoms with Gasteiger partial charge in [0, 0.05) is 0 Å². The molecular formula is C12H17O. The Hall–Kier alpha value is -0.980. The quantitative estimate of drug-likeness (QED) is 0.686. The molecule has 0 aromatic heterocycles. The van der Waals surface area contributed by atoms with Crippen molar-refractivity contribution in [2.45, 2.75) is 20.3 Å². The second-order valence-corrected chi connectivity index (χ2v) is 3.60. The molecule has 1 heteroatoms. The van der Waals surface area contributed by atoms with E-state index in [0.29, 0.717) is 5.92 Å². The minimum absolute atomic E-state index is 0.573. The molecule has 1 rings (SSSR count). The summed E-state index contributed by atoms with van der Waals surface area (Å²) in [6.45, 7) is 8.90. The Kier molecular flexibility index (Phi) is 3.81. The Morgan fingerprint density at radius 3 is 2.77 bits per heavy atom. The molecule has 0 saturated heterocycles. The first-order valence-corrected chi connectivity index (χ1v) is 4.73. The second kappa shape index (κ2) is 4.90. The Labute approximate surface area is 80.7 Å². The molecule has 0 heterocycles. The van der Waals surface area contributed by atoms with E-state index in [0.717, 1.165) is 18.8 Å². The SMILES string of the molecule is [CH2]Cc1cccc(OCC(C)C)c1. The van der Waals surface area contributed by atoms with Gasteiger partial charge in [0.2, 0.25) is 0 Å². The van der Waals surface area contributed by atoms with Crippen LogP contribution in [0.15, 0.2) is 24.3 Å². The molecule has 0 aliphatic rings. The molecule has 1 aromatic rings. The maximum absolute atomic E-state index is 5.58. The predicted molar refractivity (Wildman–Crippen MR) is 55.8 cm³/mol. The molecule has 0 amide bonds. The maximum Gasteiger partial charge on any atom is 0.119 e. The van der Waals surface area contributed by atoms with Gasteiger partial charge in [-0.25, -0.2) is 0 Å². The third-order valence-electron chi connectivity index (χ3n) is 1.77. The summed E-state index contributed by atoms with van der Waals surface area (Å²) in [5, 5.41) is 0. The van der Waals surface area contributed by atoms with Crippen LogP contribution in [-0.2, 0) is 6.42 Å². The van der Waals surface area contributed by atoms with E-state index in [2.05, 4.69) is 32.9 Å². The van der Waals surface area contributed by atoms with Gasteiger partial charge in [-0.1, -0.05) is 26.0 Å². The third-order valence-corrected chi connectivity index (χ3v) is 1.77. The van der Waals surface area contributed by atoms with Crippen LogP contribution in [0.2, 0.25) is 0 Å². The first-order valence-electron chi connectivity index (χ1n) is 4.73. The molecule has 0 atom stereocenters. The van der Waals surface area contributed by atoms with Crippen LogP contribution in [0.1, 0.15) is 19.4 Å². The zero-order chi connectivity index (χ0) is 9.68. The van der Waals surface area contributed by atoms with Crippen LogP contribution in [-0.4, -0.2) is 6.61 Å². The van der Waals surface area contributed by atoms with Crippen LogP contribution in [0.4, 0.5) is 0 Å². The van der Waals surface area contributed by atoms with Gasteiger partial charge in [0.25, 0.3) is 0 Å². The molecule has 0 spiro atoms. The summed E-state index contributed by atoms with van der Waals surface area (Å²) >= 11 is 0. The molecule has 0 fully saturated rings. The lowest BCUT2D eigenvalue weighted by atomic mass is 10.2. The summed E-state index contributed by atoms with van der Waals surface area (Å²) in [4.78, 5) is 0. The lowest BCUT2D eigenvalue weighted by Crippen LogP contribution is -2.04. The number of rotatable bonds is 4. The van der Waals surface area contributed by atoms with E-state index in [-0.39, 0.29) is 0 Å². The largest absolute Gasteiger partial charge is 0.493 e. The van der Waals surface area contributed by atoms with Crippen molar-refractivity contribution in [1.29, 1.82) is 0 Å². The van der Waals surface area contributed by atoms with Gasteiger partial charge >= 0.3 is 0 Å². The third kappa shape index (κ3) is 3.49. The van der Waals surface area contributed by atoms with Crippen LogP contribution in [0, 0.1) is 12.8 Å². The van der Waals surface area contributed by atoms with Gasteiger partial charge in [0.1, 0.15) is 5.75 Å². The van der Waals surface area contributed by atoms with Crippen molar-refractivity contribution in [2.75, 3.05) is 6.61 Å². The predicted octanol–water partition coefficient (Wildman–Crippen LogP) is 3.10. The Morgan fingerprint density at radius 1 is 1.38 bits per heavy atom. The van der Waals surface area contributed by atoms with E-state index in [1.165, 1.54) is 5.56 Å². The van der Waals surface area contributed by atoms with Crippen molar-refractivity contribution in [2.24, 2.45) is 5.92 Å². The van der Waals surface area contributed by atoms with Gasteiger partial charge < -0.3 is 4.74 Å². The fourth-order valence-corrected chi connectivity index (χ4v) is 1.05. The lowest BCUT2D eigenvalue weighted by Gasteiger charge is -2.09. The van der Waals surface area contributed by atoms with Crippen LogP contribution < -0.4 is 4.74 Å². The smallest absolute Gasteiger partial charge is 0.119 e. The summed E-state index contributed by atoms with van der Waals surface area (Å²) < 4.78 is 5.58. The van der Waals surface area contributed by atoms with E-state index in [1.807, 2.05) is 12.1 Å². The summed E-state index contributed by atoms with van der Waals surface area (Å²) in [7, 11) is 0. The average Bonchev–Trinajstić information content (AvgIpc) is 2.15. The van der Waals surface area contributed by atoms with E-state index in [9.17, 15) is 0 Å². The van der Waals surface area contributed by atoms with Crippen molar-refractivity contribution in [3.8, 4) is 5.75 Å². The monoisotopic (exact) mass is 177 g/mol. The van der Waals surface area contributed by atoms with Crippen LogP contribution in [0.3, 0.4) is 0 Å². The lowest BCUT2D eigenvalue weighted by molar-refractivity contribution is 0.271. The van der Waals surface area contributed by atoms with Gasteiger partial charge in [-0.2, -0.15) is 0 Å². The Balaban J connectivity index is 2.56. The highest BCUT2D eigenvalue weighted by Gasteiger charge is 1.97. The Bertz CT molecular complexity index is 253. The molecule has 1 nitrogen and oxygen atoms in total. The summed E-state index contributed by atoms with van der Waals surface area (Å²) in [6, 6.07) is 8.11. The molecule has 0 bridgehead atoms. The molecule has 0 aliphatic heterocycles. The van der Waals surface area contributed by atoms with Gasteiger partial charge in [0.15, 0.2) is 0 Å². The highest BCUT2D eigenvalue weighted by atomic mass is 16.5. The minimum atomic E-state index is 0.573. The highest BCUT2D eigenvalue weighted by molar-refractivity contribution is 5.28. The summed E-state index contributed by atoms with van der Waals surface area (Å²) in [5.74, 6) is 1.53. The van der Waals surface area contributed by atoms with Crippen molar-refractivity contribution < 1.29 is 4.74 Å². The van der Waals surface area contributed by atoms with E-state index in [1.54, 1.807) is 0 Å². The van der Waals surface area contributed by atoms with Crippen molar-refractivity contribution in [3.63, 3.8) is 0 Å². The number of hydrogen-bond acceptors (Lipinski definition) is 1. The van der Waals surface area contributed by atoms with Gasteiger partial charge in [0.05, 0.1) is 6.61 Å². The topological polar surface area (TPSA) is 9.23 Å². The van der Waals surface area contributed by atoms with Crippen LogP contribution >= 0.6 is 0 Å². The molecule has 0 saturated carbocycles. The van der Waals surface area contributed by atoms with Crippen molar-refractivity contribution in [1.82, 2.24) is 0 Å². The summed E-state index contributed by atoms with van der Waals surface area (Å²) in [6.07, 6.45) is 0.818. The number of benzene rings is 1. The van der Waals surface area contributed by atoms with Crippen molar-refractivity contribution in [3.05, 3.63) is 36.8 Å². The fourth-order valence-electron chi connectivity index (χ4n) is 1.05. The molecule has 0 N–H and O–H groups in total. The zero-order valence-electron chi connectivity index (χ0n) is 8.42. The maximum atomic E-state index is 5.58. The summed E-state index contributed by atoms with van der Waals surface area (Å²) in [5.41, 5.74) is 1.22. The Morgan fingerprint density at radius 2 is 2.15 bits per heavy atom. The minimum Gasteiger partial charge on any atom is -0.493 e. The van der Waals surface area contributed by atoms with Gasteiger partial charge in [-0.15, -0.1) is 0 Å². The van der Waals surface area contributed by atoms with Crippen LogP contribution in [0.5, 0.6) is 5.75 Å². The number of hydrogen-bond donors (Lipinski definition) is 0. The van der Waals surface area contributed by atoms with Crippen molar-refractivity contribution >= 4 is 0 Å².